The number of ether oxygens (including phenoxy) is 1. The number of nitrogens with zero attached hydrogens (tertiary/aromatic N) is 1. The van der Waals surface area contributed by atoms with Crippen LogP contribution in [0.25, 0.3) is 11.1 Å². The van der Waals surface area contributed by atoms with Crippen LogP contribution in [-0.4, -0.2) is 24.2 Å². The average molecular weight is 386 g/mol. The number of nitrogens with one attached hydrogen (secondary N) is 1. The summed E-state index contributed by atoms with van der Waals surface area (Å²) >= 11 is 0. The van der Waals surface area contributed by atoms with E-state index in [0.717, 1.165) is 0 Å². The van der Waals surface area contributed by atoms with Gasteiger partial charge in [0, 0.05) is 23.2 Å². The monoisotopic (exact) mass is 386 g/mol. The summed E-state index contributed by atoms with van der Waals surface area (Å²) in [5.74, 6) is 5.17. The first-order valence-electron chi connectivity index (χ1n) is 9.33. The lowest BCUT2D eigenvalue weighted by Gasteiger charge is -2.14. The summed E-state index contributed by atoms with van der Waals surface area (Å²) in [7, 11) is 0. The molecule has 0 spiro atoms. The van der Waals surface area contributed by atoms with E-state index >= 15 is 0 Å². The largest absolute Gasteiger partial charge is 0.449 e. The summed E-state index contributed by atoms with van der Waals surface area (Å²) in [5, 5.41) is 2.62. The molecule has 1 amide bonds. The van der Waals surface area contributed by atoms with Gasteiger partial charge in [0.05, 0.1) is 6.54 Å². The Morgan fingerprint density at radius 1 is 1.14 bits per heavy atom. The molecule has 0 atom stereocenters. The van der Waals surface area contributed by atoms with Gasteiger partial charge in [-0.3, -0.25) is 0 Å². The number of rotatable bonds is 3. The highest BCUT2D eigenvalue weighted by molar-refractivity contribution is 5.79. The van der Waals surface area contributed by atoms with Crippen molar-refractivity contribution in [3.05, 3.63) is 89.0 Å². The third-order valence-electron chi connectivity index (χ3n) is 4.91. The molecule has 1 heterocycles. The van der Waals surface area contributed by atoms with Crippen LogP contribution < -0.4 is 5.32 Å². The zero-order valence-corrected chi connectivity index (χ0v) is 15.9. The molecule has 0 aliphatic heterocycles. The highest BCUT2D eigenvalue weighted by Crippen LogP contribution is 2.44. The van der Waals surface area contributed by atoms with Crippen LogP contribution in [0.1, 0.15) is 28.2 Å². The van der Waals surface area contributed by atoms with Crippen molar-refractivity contribution < 1.29 is 13.9 Å². The van der Waals surface area contributed by atoms with Crippen LogP contribution in [-0.2, 0) is 4.74 Å². The van der Waals surface area contributed by atoms with Crippen molar-refractivity contribution in [3.8, 4) is 23.0 Å². The fourth-order valence-electron chi connectivity index (χ4n) is 3.54. The van der Waals surface area contributed by atoms with Crippen LogP contribution in [0.3, 0.4) is 0 Å². The van der Waals surface area contributed by atoms with Gasteiger partial charge in [0.15, 0.2) is 0 Å². The fourth-order valence-corrected chi connectivity index (χ4v) is 3.54. The summed E-state index contributed by atoms with van der Waals surface area (Å²) < 4.78 is 18.6. The summed E-state index contributed by atoms with van der Waals surface area (Å²) in [5.41, 5.74) is 5.73. The third kappa shape index (κ3) is 3.97. The van der Waals surface area contributed by atoms with E-state index in [9.17, 15) is 9.18 Å². The molecule has 0 radical (unpaired) electrons. The smallest absolute Gasteiger partial charge is 0.407 e. The molecule has 1 aliphatic rings. The van der Waals surface area contributed by atoms with Gasteiger partial charge in [-0.2, -0.15) is 4.39 Å². The number of benzene rings is 2. The number of carbonyl (C=O) groups is 1. The Kier molecular flexibility index (Phi) is 5.26. The minimum atomic E-state index is -0.519. The van der Waals surface area contributed by atoms with Crippen LogP contribution in [0.5, 0.6) is 0 Å². The van der Waals surface area contributed by atoms with E-state index in [-0.39, 0.29) is 19.1 Å². The van der Waals surface area contributed by atoms with E-state index in [2.05, 4.69) is 46.4 Å². The first kappa shape index (κ1) is 18.7. The summed E-state index contributed by atoms with van der Waals surface area (Å²) in [4.78, 5) is 15.7. The average Bonchev–Trinajstić information content (AvgIpc) is 3.06. The van der Waals surface area contributed by atoms with E-state index in [1.54, 1.807) is 13.0 Å². The van der Waals surface area contributed by atoms with Crippen molar-refractivity contribution in [1.29, 1.82) is 0 Å². The number of alkyl carbamates (subject to hydrolysis) is 1. The van der Waals surface area contributed by atoms with Crippen LogP contribution in [0.4, 0.5) is 9.18 Å². The van der Waals surface area contributed by atoms with Gasteiger partial charge in [-0.1, -0.05) is 60.4 Å². The van der Waals surface area contributed by atoms with Crippen LogP contribution in [0, 0.1) is 24.7 Å². The molecule has 3 aromatic rings. The minimum absolute atomic E-state index is 0.0208. The van der Waals surface area contributed by atoms with Crippen LogP contribution in [0.15, 0.2) is 60.8 Å². The van der Waals surface area contributed by atoms with Crippen molar-refractivity contribution >= 4 is 6.09 Å². The molecule has 4 rings (SSSR count). The minimum Gasteiger partial charge on any atom is -0.449 e. The molecule has 0 saturated heterocycles. The number of hydrogen-bond acceptors (Lipinski definition) is 3. The van der Waals surface area contributed by atoms with Gasteiger partial charge in [-0.15, -0.1) is 0 Å². The Bertz CT molecular complexity index is 1090. The maximum Gasteiger partial charge on any atom is 0.407 e. The molecule has 5 heteroatoms. The van der Waals surface area contributed by atoms with Gasteiger partial charge in [-0.05, 0) is 35.2 Å². The van der Waals surface area contributed by atoms with E-state index in [4.69, 9.17) is 4.74 Å². The number of amides is 1. The van der Waals surface area contributed by atoms with Gasteiger partial charge in [0.25, 0.3) is 0 Å². The number of halogens is 1. The Hall–Kier alpha value is -3.65. The summed E-state index contributed by atoms with van der Waals surface area (Å²) in [6.07, 6.45) is 0.845. The molecule has 0 fully saturated rings. The van der Waals surface area contributed by atoms with Crippen molar-refractivity contribution in [2.24, 2.45) is 0 Å². The van der Waals surface area contributed by atoms with Crippen LogP contribution in [0.2, 0.25) is 0 Å². The molecule has 4 nitrogen and oxygen atoms in total. The second-order valence-electron chi connectivity index (χ2n) is 6.81. The first-order valence-corrected chi connectivity index (χ1v) is 9.33. The Morgan fingerprint density at radius 2 is 1.79 bits per heavy atom. The lowest BCUT2D eigenvalue weighted by molar-refractivity contribution is 0.144. The van der Waals surface area contributed by atoms with Gasteiger partial charge in [0.1, 0.15) is 6.61 Å². The second kappa shape index (κ2) is 8.15. The van der Waals surface area contributed by atoms with Crippen molar-refractivity contribution in [1.82, 2.24) is 10.3 Å². The predicted octanol–water partition coefficient (Wildman–Crippen LogP) is 4.42. The van der Waals surface area contributed by atoms with Crippen molar-refractivity contribution in [2.75, 3.05) is 13.2 Å². The normalized spacial score (nSPS) is 11.8. The fraction of sp³-hybridized carbons (Fsp3) is 0.167. The molecular weight excluding hydrogens is 367 g/mol. The van der Waals surface area contributed by atoms with Gasteiger partial charge < -0.3 is 10.1 Å². The standard InChI is InChI=1S/C24H19FN2O2/c1-16-13-17(14-27-23(16)25)7-6-12-26-24(28)29-15-22-20-10-4-2-8-18(20)19-9-3-5-11-21(19)22/h2-5,8-11,13-14,22H,12,15H2,1H3,(H,26,28). The maximum atomic E-state index is 13.2. The maximum absolute atomic E-state index is 13.2. The third-order valence-corrected chi connectivity index (χ3v) is 4.91. The van der Waals surface area contributed by atoms with Crippen molar-refractivity contribution in [3.63, 3.8) is 0 Å². The lowest BCUT2D eigenvalue weighted by Crippen LogP contribution is -2.26. The SMILES string of the molecule is Cc1cc(C#CCNC(=O)OCC2c3ccccc3-c3ccccc32)cnc1F. The first-order chi connectivity index (χ1) is 14.1. The van der Waals surface area contributed by atoms with Crippen molar-refractivity contribution in [2.45, 2.75) is 12.8 Å². The molecule has 1 aliphatic carbocycles. The number of pyridine rings is 1. The zero-order valence-electron chi connectivity index (χ0n) is 15.9. The lowest BCUT2D eigenvalue weighted by atomic mass is 9.98. The Labute approximate surface area is 168 Å². The molecule has 2 aromatic carbocycles. The molecule has 1 N–H and O–H groups in total. The summed E-state index contributed by atoms with van der Waals surface area (Å²) in [6, 6.07) is 18.0. The molecule has 0 saturated carbocycles. The Balaban J connectivity index is 1.35. The van der Waals surface area contributed by atoms with E-state index in [1.807, 2.05) is 24.3 Å². The molecule has 0 bridgehead atoms. The van der Waals surface area contributed by atoms with Gasteiger partial charge >= 0.3 is 6.09 Å². The van der Waals surface area contributed by atoms with E-state index < -0.39 is 12.0 Å². The summed E-state index contributed by atoms with van der Waals surface area (Å²) in [6.45, 7) is 2.02. The predicted molar refractivity (Wildman–Crippen MR) is 109 cm³/mol. The Morgan fingerprint density at radius 3 is 2.45 bits per heavy atom. The molecule has 1 aromatic heterocycles. The van der Waals surface area contributed by atoms with Crippen LogP contribution >= 0.6 is 0 Å². The van der Waals surface area contributed by atoms with E-state index in [1.165, 1.54) is 28.5 Å². The molecule has 144 valence electrons. The number of aryl methyl sites for hydroxylation is 1. The van der Waals surface area contributed by atoms with Gasteiger partial charge in [0.2, 0.25) is 5.95 Å². The molecular formula is C24H19FN2O2. The molecule has 0 unspecified atom stereocenters. The highest BCUT2D eigenvalue weighted by atomic mass is 19.1. The van der Waals surface area contributed by atoms with Gasteiger partial charge in [-0.25, -0.2) is 9.78 Å². The quantitative estimate of drug-likeness (QED) is 0.536. The van der Waals surface area contributed by atoms with E-state index in [0.29, 0.717) is 11.1 Å². The number of hydrogen-bond donors (Lipinski definition) is 1. The zero-order chi connectivity index (χ0) is 20.2. The topological polar surface area (TPSA) is 51.2 Å². The second-order valence-corrected chi connectivity index (χ2v) is 6.81. The molecule has 29 heavy (non-hydrogen) atoms. The number of carbonyl (C=O) groups excluding carboxylic acids is 1. The number of fused-ring (bicyclic) bond motifs is 3. The highest BCUT2D eigenvalue weighted by Gasteiger charge is 2.28. The number of aromatic nitrogens is 1.